The second kappa shape index (κ2) is 9.43. The molecule has 0 unspecified atom stereocenters. The van der Waals surface area contributed by atoms with Crippen molar-refractivity contribution in [3.63, 3.8) is 0 Å². The molecule has 0 spiro atoms. The fraction of sp³-hybridized carbons (Fsp3) is 1.00. The standard InChI is InChI=1S/C10H22O5S2/c1-3-16-10(17-4-2)9(15)8(14)7(13)6(12)5-11/h6-15H,3-5H2,1-2H3/t6-,7+,8-,9+/m0/s1. The Balaban J connectivity index is 4.46. The molecule has 0 radical (unpaired) electrons. The maximum Gasteiger partial charge on any atom is 0.111 e. The van der Waals surface area contributed by atoms with E-state index >= 15 is 0 Å². The molecule has 5 nitrogen and oxygen atoms in total. The van der Waals surface area contributed by atoms with Crippen molar-refractivity contribution in [3.8, 4) is 0 Å². The third kappa shape index (κ3) is 5.78. The molecule has 0 aromatic heterocycles. The van der Waals surface area contributed by atoms with Crippen molar-refractivity contribution in [3.05, 3.63) is 0 Å². The largest absolute Gasteiger partial charge is 0.394 e. The van der Waals surface area contributed by atoms with Gasteiger partial charge in [-0.15, -0.1) is 23.5 Å². The van der Waals surface area contributed by atoms with Gasteiger partial charge in [-0.25, -0.2) is 0 Å². The second-order valence-corrected chi connectivity index (χ2v) is 6.64. The molecule has 0 saturated carbocycles. The van der Waals surface area contributed by atoms with E-state index in [2.05, 4.69) is 0 Å². The average Bonchev–Trinajstić information content (AvgIpc) is 2.34. The van der Waals surface area contributed by atoms with Gasteiger partial charge in [0.15, 0.2) is 0 Å². The zero-order valence-corrected chi connectivity index (χ0v) is 11.7. The molecule has 7 heteroatoms. The Kier molecular flexibility index (Phi) is 9.71. The van der Waals surface area contributed by atoms with E-state index in [0.29, 0.717) is 0 Å². The highest BCUT2D eigenvalue weighted by atomic mass is 32.2. The molecule has 17 heavy (non-hydrogen) atoms. The van der Waals surface area contributed by atoms with Gasteiger partial charge in [-0.05, 0) is 11.5 Å². The number of aliphatic hydroxyl groups is 5. The van der Waals surface area contributed by atoms with Crippen LogP contribution >= 0.6 is 23.5 Å². The summed E-state index contributed by atoms with van der Waals surface area (Å²) in [6.45, 7) is 3.22. The molecule has 0 saturated heterocycles. The fourth-order valence-corrected chi connectivity index (χ4v) is 3.85. The molecule has 0 bridgehead atoms. The Morgan fingerprint density at radius 2 is 1.29 bits per heavy atom. The summed E-state index contributed by atoms with van der Waals surface area (Å²) in [6.07, 6.45) is -5.62. The average molecular weight is 286 g/mol. The lowest BCUT2D eigenvalue weighted by Gasteiger charge is -2.30. The van der Waals surface area contributed by atoms with Gasteiger partial charge < -0.3 is 25.5 Å². The van der Waals surface area contributed by atoms with Crippen LogP contribution in [0.1, 0.15) is 13.8 Å². The van der Waals surface area contributed by atoms with E-state index in [1.165, 1.54) is 23.5 Å². The van der Waals surface area contributed by atoms with Gasteiger partial charge in [0.1, 0.15) is 24.4 Å². The van der Waals surface area contributed by atoms with Crippen LogP contribution in [-0.4, -0.2) is 72.6 Å². The minimum Gasteiger partial charge on any atom is -0.394 e. The summed E-state index contributed by atoms with van der Waals surface area (Å²) >= 11 is 2.94. The van der Waals surface area contributed by atoms with Gasteiger partial charge >= 0.3 is 0 Å². The van der Waals surface area contributed by atoms with Gasteiger partial charge in [0.2, 0.25) is 0 Å². The molecule has 0 heterocycles. The molecule has 0 aliphatic rings. The van der Waals surface area contributed by atoms with Crippen LogP contribution in [0.4, 0.5) is 0 Å². The second-order valence-electron chi connectivity index (χ2n) is 3.50. The highest BCUT2D eigenvalue weighted by Crippen LogP contribution is 2.29. The predicted molar refractivity (Wildman–Crippen MR) is 71.2 cm³/mol. The Hall–Kier alpha value is 0.500. The normalized spacial score (nSPS) is 19.1. The summed E-state index contributed by atoms with van der Waals surface area (Å²) in [5.41, 5.74) is 0. The van der Waals surface area contributed by atoms with Crippen molar-refractivity contribution in [2.75, 3.05) is 18.1 Å². The van der Waals surface area contributed by atoms with Gasteiger partial charge in [-0.3, -0.25) is 0 Å². The van der Waals surface area contributed by atoms with Gasteiger partial charge in [0.25, 0.3) is 0 Å². The zero-order chi connectivity index (χ0) is 13.4. The smallest absolute Gasteiger partial charge is 0.111 e. The van der Waals surface area contributed by atoms with Crippen molar-refractivity contribution in [2.45, 2.75) is 42.8 Å². The summed E-state index contributed by atoms with van der Waals surface area (Å²) < 4.78 is -0.263. The third-order valence-corrected chi connectivity index (χ3v) is 4.92. The van der Waals surface area contributed by atoms with Crippen LogP contribution in [0, 0.1) is 0 Å². The van der Waals surface area contributed by atoms with Gasteiger partial charge in [0.05, 0.1) is 11.2 Å². The Labute approximate surface area is 110 Å². The Morgan fingerprint density at radius 3 is 1.65 bits per heavy atom. The van der Waals surface area contributed by atoms with E-state index in [9.17, 15) is 20.4 Å². The third-order valence-electron chi connectivity index (χ3n) is 2.22. The molecule has 0 aliphatic heterocycles. The predicted octanol–water partition coefficient (Wildman–Crippen LogP) is -0.745. The lowest BCUT2D eigenvalue weighted by molar-refractivity contribution is -0.111. The number of hydrogen-bond acceptors (Lipinski definition) is 7. The molecule has 0 aromatic carbocycles. The molecule has 0 amide bonds. The SMILES string of the molecule is CCSC(SCC)[C@H](O)[C@@H](O)[C@H](O)[C@@H](O)CO. The lowest BCUT2D eigenvalue weighted by atomic mass is 10.0. The summed E-state index contributed by atoms with van der Waals surface area (Å²) in [5.74, 6) is 1.56. The molecular weight excluding hydrogens is 264 g/mol. The monoisotopic (exact) mass is 286 g/mol. The van der Waals surface area contributed by atoms with E-state index in [-0.39, 0.29) is 4.58 Å². The van der Waals surface area contributed by atoms with Gasteiger partial charge in [-0.1, -0.05) is 13.8 Å². The molecule has 5 N–H and O–H groups in total. The Morgan fingerprint density at radius 1 is 0.824 bits per heavy atom. The van der Waals surface area contributed by atoms with Crippen molar-refractivity contribution in [1.82, 2.24) is 0 Å². The van der Waals surface area contributed by atoms with Crippen molar-refractivity contribution >= 4 is 23.5 Å². The van der Waals surface area contributed by atoms with E-state index in [0.717, 1.165) is 11.5 Å². The first kappa shape index (κ1) is 17.5. The number of aliphatic hydroxyl groups excluding tert-OH is 5. The van der Waals surface area contributed by atoms with E-state index in [1.54, 1.807) is 0 Å². The molecule has 0 rings (SSSR count). The van der Waals surface area contributed by atoms with Crippen molar-refractivity contribution in [2.24, 2.45) is 0 Å². The van der Waals surface area contributed by atoms with E-state index in [4.69, 9.17) is 5.11 Å². The fourth-order valence-electron chi connectivity index (χ4n) is 1.27. The van der Waals surface area contributed by atoms with Crippen molar-refractivity contribution < 1.29 is 25.5 Å². The maximum absolute atomic E-state index is 9.91. The van der Waals surface area contributed by atoms with E-state index in [1.807, 2.05) is 13.8 Å². The number of thioether (sulfide) groups is 2. The van der Waals surface area contributed by atoms with Crippen molar-refractivity contribution in [1.29, 1.82) is 0 Å². The first-order valence-corrected chi connectivity index (χ1v) is 7.65. The van der Waals surface area contributed by atoms with Crippen LogP contribution in [-0.2, 0) is 0 Å². The van der Waals surface area contributed by atoms with Crippen LogP contribution < -0.4 is 0 Å². The molecule has 0 fully saturated rings. The Bertz CT molecular complexity index is 190. The molecular formula is C10H22O5S2. The van der Waals surface area contributed by atoms with E-state index < -0.39 is 31.0 Å². The first-order valence-electron chi connectivity index (χ1n) is 5.55. The summed E-state index contributed by atoms with van der Waals surface area (Å²) in [6, 6.07) is 0. The summed E-state index contributed by atoms with van der Waals surface area (Å²) in [5, 5.41) is 47.0. The van der Waals surface area contributed by atoms with Crippen LogP contribution in [0.25, 0.3) is 0 Å². The van der Waals surface area contributed by atoms with Gasteiger partial charge in [-0.2, -0.15) is 0 Å². The topological polar surface area (TPSA) is 101 Å². The minimum absolute atomic E-state index is 0.263. The highest BCUT2D eigenvalue weighted by molar-refractivity contribution is 8.17. The minimum atomic E-state index is -1.55. The van der Waals surface area contributed by atoms with Gasteiger partial charge in [0, 0.05) is 0 Å². The zero-order valence-electron chi connectivity index (χ0n) is 10.1. The van der Waals surface area contributed by atoms with Crippen LogP contribution in [0.2, 0.25) is 0 Å². The number of rotatable bonds is 9. The quantitative estimate of drug-likeness (QED) is 0.356. The lowest BCUT2D eigenvalue weighted by Crippen LogP contribution is -2.48. The molecule has 4 atom stereocenters. The van der Waals surface area contributed by atoms with Crippen LogP contribution in [0.5, 0.6) is 0 Å². The summed E-state index contributed by atoms with van der Waals surface area (Å²) in [4.78, 5) is 0. The summed E-state index contributed by atoms with van der Waals surface area (Å²) in [7, 11) is 0. The highest BCUT2D eigenvalue weighted by Gasteiger charge is 2.34. The number of hydrogen-bond donors (Lipinski definition) is 5. The molecule has 0 aromatic rings. The first-order chi connectivity index (χ1) is 7.99. The maximum atomic E-state index is 9.91. The van der Waals surface area contributed by atoms with Crippen LogP contribution in [0.3, 0.4) is 0 Å². The van der Waals surface area contributed by atoms with Crippen LogP contribution in [0.15, 0.2) is 0 Å². The molecule has 0 aliphatic carbocycles. The molecule has 104 valence electrons.